The molecule has 0 unspecified atom stereocenters. The van der Waals surface area contributed by atoms with Gasteiger partial charge in [0.2, 0.25) is 0 Å². The summed E-state index contributed by atoms with van der Waals surface area (Å²) in [5, 5.41) is 21.2. The van der Waals surface area contributed by atoms with E-state index in [1.54, 1.807) is 0 Å². The first-order valence-corrected chi connectivity index (χ1v) is 12.7. The number of aliphatic hydroxyl groups is 2. The van der Waals surface area contributed by atoms with Gasteiger partial charge in [0.15, 0.2) is 0 Å². The standard InChI is InChI=1S/C28H42O6/c1-20(2)33-28(32)14-10-5-4-9-13-25-24(26(31)19-27(25)34-21(3)29)18-17-23(30)16-15-22-11-7-6-8-12-22/h4,6-9,11-12,20,23-27,30-31H,5,10,13-19H2,1-3H3/b9-4-/t23-,24-,25+,26+,27-/m0/s1. The first-order valence-electron chi connectivity index (χ1n) is 12.7. The smallest absolute Gasteiger partial charge is 0.306 e. The van der Waals surface area contributed by atoms with Gasteiger partial charge in [-0.1, -0.05) is 42.5 Å². The van der Waals surface area contributed by atoms with E-state index < -0.39 is 12.2 Å². The van der Waals surface area contributed by atoms with E-state index in [1.807, 2.05) is 38.1 Å². The number of unbranched alkanes of at least 4 members (excludes halogenated alkanes) is 1. The van der Waals surface area contributed by atoms with E-state index in [0.29, 0.717) is 38.5 Å². The Hall–Kier alpha value is -2.18. The highest BCUT2D eigenvalue weighted by Crippen LogP contribution is 2.40. The van der Waals surface area contributed by atoms with Crippen LogP contribution < -0.4 is 0 Å². The van der Waals surface area contributed by atoms with Crippen LogP contribution in [0.5, 0.6) is 0 Å². The molecule has 0 heterocycles. The Morgan fingerprint density at radius 2 is 1.85 bits per heavy atom. The highest BCUT2D eigenvalue weighted by atomic mass is 16.5. The Balaban J connectivity index is 1.83. The molecule has 1 aliphatic rings. The molecule has 2 N–H and O–H groups in total. The van der Waals surface area contributed by atoms with Crippen LogP contribution in [-0.2, 0) is 25.5 Å². The van der Waals surface area contributed by atoms with Gasteiger partial charge in [-0.05, 0) is 70.3 Å². The maximum atomic E-state index is 11.6. The molecule has 0 amide bonds. The number of esters is 2. The van der Waals surface area contributed by atoms with Crippen molar-refractivity contribution in [2.24, 2.45) is 11.8 Å². The van der Waals surface area contributed by atoms with Crippen LogP contribution in [0.2, 0.25) is 0 Å². The molecule has 5 atom stereocenters. The minimum atomic E-state index is -0.546. The number of allylic oxidation sites excluding steroid dienone is 2. The Morgan fingerprint density at radius 3 is 2.53 bits per heavy atom. The number of carbonyl (C=O) groups excluding carboxylic acids is 2. The zero-order valence-corrected chi connectivity index (χ0v) is 20.9. The topological polar surface area (TPSA) is 93.1 Å². The first-order chi connectivity index (χ1) is 16.3. The van der Waals surface area contributed by atoms with Crippen LogP contribution >= 0.6 is 0 Å². The highest BCUT2D eigenvalue weighted by molar-refractivity contribution is 5.69. The molecule has 34 heavy (non-hydrogen) atoms. The molecule has 6 heteroatoms. The van der Waals surface area contributed by atoms with Crippen molar-refractivity contribution >= 4 is 11.9 Å². The third kappa shape index (κ3) is 10.4. The molecule has 1 saturated carbocycles. The van der Waals surface area contributed by atoms with Gasteiger partial charge >= 0.3 is 11.9 Å². The lowest BCUT2D eigenvalue weighted by Crippen LogP contribution is -2.26. The van der Waals surface area contributed by atoms with Crippen LogP contribution in [0.25, 0.3) is 0 Å². The van der Waals surface area contributed by atoms with Crippen molar-refractivity contribution < 1.29 is 29.3 Å². The van der Waals surface area contributed by atoms with Gasteiger partial charge in [0.25, 0.3) is 0 Å². The second-order valence-electron chi connectivity index (χ2n) is 9.67. The summed E-state index contributed by atoms with van der Waals surface area (Å²) in [6.45, 7) is 5.08. The second kappa shape index (κ2) is 14.9. The minimum Gasteiger partial charge on any atom is -0.463 e. The van der Waals surface area contributed by atoms with Gasteiger partial charge in [0.1, 0.15) is 6.10 Å². The van der Waals surface area contributed by atoms with E-state index in [1.165, 1.54) is 12.5 Å². The summed E-state index contributed by atoms with van der Waals surface area (Å²) in [7, 11) is 0. The summed E-state index contributed by atoms with van der Waals surface area (Å²) >= 11 is 0. The summed E-state index contributed by atoms with van der Waals surface area (Å²) in [6.07, 6.45) is 8.54. The average molecular weight is 475 g/mol. The Morgan fingerprint density at radius 1 is 1.12 bits per heavy atom. The molecule has 1 aromatic rings. The van der Waals surface area contributed by atoms with Crippen molar-refractivity contribution in [3.05, 3.63) is 48.0 Å². The molecule has 0 radical (unpaired) electrons. The first kappa shape index (κ1) is 28.1. The minimum absolute atomic E-state index is 0.0161. The molecule has 0 spiro atoms. The molecule has 2 rings (SSSR count). The average Bonchev–Trinajstić information content (AvgIpc) is 3.06. The Labute approximate surface area is 204 Å². The van der Waals surface area contributed by atoms with Crippen LogP contribution in [-0.4, -0.2) is 46.6 Å². The highest BCUT2D eigenvalue weighted by Gasteiger charge is 2.43. The fourth-order valence-corrected chi connectivity index (χ4v) is 4.79. The zero-order chi connectivity index (χ0) is 24.9. The van der Waals surface area contributed by atoms with E-state index in [4.69, 9.17) is 9.47 Å². The maximum Gasteiger partial charge on any atom is 0.306 e. The van der Waals surface area contributed by atoms with Crippen LogP contribution in [0.4, 0.5) is 0 Å². The molecule has 0 aromatic heterocycles. The molecule has 0 bridgehead atoms. The number of aliphatic hydroxyl groups excluding tert-OH is 2. The van der Waals surface area contributed by atoms with Gasteiger partial charge < -0.3 is 19.7 Å². The molecule has 0 saturated heterocycles. The van der Waals surface area contributed by atoms with Gasteiger partial charge in [0.05, 0.1) is 18.3 Å². The molecular weight excluding hydrogens is 432 g/mol. The van der Waals surface area contributed by atoms with E-state index >= 15 is 0 Å². The SMILES string of the molecule is CC(=O)O[C@H]1C[C@@H](O)[C@@H](CC[C@@H](O)CCc2ccccc2)[C@H]1C/C=C\CCCC(=O)OC(C)C. The van der Waals surface area contributed by atoms with E-state index in [-0.39, 0.29) is 36.0 Å². The van der Waals surface area contributed by atoms with Gasteiger partial charge in [-0.25, -0.2) is 0 Å². The van der Waals surface area contributed by atoms with Crippen molar-refractivity contribution in [2.75, 3.05) is 0 Å². The van der Waals surface area contributed by atoms with Crippen LogP contribution in [0.3, 0.4) is 0 Å². The third-order valence-electron chi connectivity index (χ3n) is 6.45. The van der Waals surface area contributed by atoms with Crippen molar-refractivity contribution in [1.82, 2.24) is 0 Å². The molecule has 1 aromatic carbocycles. The van der Waals surface area contributed by atoms with Crippen molar-refractivity contribution in [3.63, 3.8) is 0 Å². The monoisotopic (exact) mass is 474 g/mol. The van der Waals surface area contributed by atoms with E-state index in [2.05, 4.69) is 18.2 Å². The lowest BCUT2D eigenvalue weighted by molar-refractivity contribution is -0.149. The Kier molecular flexibility index (Phi) is 12.3. The summed E-state index contributed by atoms with van der Waals surface area (Å²) in [5.41, 5.74) is 1.21. The van der Waals surface area contributed by atoms with Gasteiger partial charge in [-0.15, -0.1) is 0 Å². The van der Waals surface area contributed by atoms with Crippen LogP contribution in [0.1, 0.15) is 77.7 Å². The summed E-state index contributed by atoms with van der Waals surface area (Å²) in [6, 6.07) is 10.1. The number of ether oxygens (including phenoxy) is 2. The molecule has 190 valence electrons. The number of carbonyl (C=O) groups is 2. The van der Waals surface area contributed by atoms with Crippen molar-refractivity contribution in [1.29, 1.82) is 0 Å². The zero-order valence-electron chi connectivity index (χ0n) is 20.9. The molecular formula is C28H42O6. The van der Waals surface area contributed by atoms with Crippen LogP contribution in [0, 0.1) is 11.8 Å². The predicted molar refractivity (Wildman–Crippen MR) is 132 cm³/mol. The largest absolute Gasteiger partial charge is 0.463 e. The lowest BCUT2D eigenvalue weighted by atomic mass is 9.85. The quantitative estimate of drug-likeness (QED) is 0.229. The van der Waals surface area contributed by atoms with Crippen LogP contribution in [0.15, 0.2) is 42.5 Å². The van der Waals surface area contributed by atoms with Crippen molar-refractivity contribution in [2.45, 2.75) is 103 Å². The van der Waals surface area contributed by atoms with Gasteiger partial charge in [0, 0.05) is 25.7 Å². The summed E-state index contributed by atoms with van der Waals surface area (Å²) in [5.74, 6) is -0.523. The maximum absolute atomic E-state index is 11.6. The third-order valence-corrected chi connectivity index (χ3v) is 6.45. The number of hydrogen-bond donors (Lipinski definition) is 2. The summed E-state index contributed by atoms with van der Waals surface area (Å²) in [4.78, 5) is 23.2. The molecule has 6 nitrogen and oxygen atoms in total. The predicted octanol–water partition coefficient (Wildman–Crippen LogP) is 4.76. The fourth-order valence-electron chi connectivity index (χ4n) is 4.79. The molecule has 1 fully saturated rings. The number of aryl methyl sites for hydroxylation is 1. The fraction of sp³-hybridized carbons (Fsp3) is 0.643. The van der Waals surface area contributed by atoms with Gasteiger partial charge in [-0.2, -0.15) is 0 Å². The van der Waals surface area contributed by atoms with Gasteiger partial charge in [-0.3, -0.25) is 9.59 Å². The number of rotatable bonds is 14. The normalized spacial score (nSPS) is 23.4. The summed E-state index contributed by atoms with van der Waals surface area (Å²) < 4.78 is 10.7. The van der Waals surface area contributed by atoms with E-state index in [0.717, 1.165) is 19.3 Å². The van der Waals surface area contributed by atoms with E-state index in [9.17, 15) is 19.8 Å². The Bertz CT molecular complexity index is 759. The number of hydrogen-bond acceptors (Lipinski definition) is 6. The number of benzene rings is 1. The molecule has 0 aliphatic heterocycles. The molecule has 1 aliphatic carbocycles. The van der Waals surface area contributed by atoms with Crippen molar-refractivity contribution in [3.8, 4) is 0 Å². The second-order valence-corrected chi connectivity index (χ2v) is 9.67. The lowest BCUT2D eigenvalue weighted by Gasteiger charge is -2.25.